The Hall–Kier alpha value is -2.84. The molecule has 1 aromatic heterocycles. The van der Waals surface area contributed by atoms with Gasteiger partial charge in [0, 0.05) is 33.3 Å². The van der Waals surface area contributed by atoms with Gasteiger partial charge in [0.2, 0.25) is 5.91 Å². The first kappa shape index (κ1) is 20.9. The zero-order valence-electron chi connectivity index (χ0n) is 16.2. The minimum absolute atomic E-state index is 0.00592. The lowest BCUT2D eigenvalue weighted by Gasteiger charge is -2.23. The van der Waals surface area contributed by atoms with Crippen LogP contribution in [0.4, 0.5) is 22.0 Å². The van der Waals surface area contributed by atoms with Gasteiger partial charge in [-0.15, -0.1) is 0 Å². The zero-order chi connectivity index (χ0) is 20.6. The lowest BCUT2D eigenvalue weighted by atomic mass is 10.3. The van der Waals surface area contributed by atoms with E-state index in [1.165, 1.54) is 7.11 Å². The number of amides is 3. The van der Waals surface area contributed by atoms with Crippen LogP contribution in [0.25, 0.3) is 0 Å². The number of carbonyl (C=O) groups excluding carboxylic acids is 2. The lowest BCUT2D eigenvalue weighted by Crippen LogP contribution is -2.37. The van der Waals surface area contributed by atoms with Gasteiger partial charge in [0.1, 0.15) is 12.4 Å². The molecule has 0 bridgehead atoms. The fourth-order valence-electron chi connectivity index (χ4n) is 3.11. The SMILES string of the molecule is COCC(=O)N1CCCN(c2ccc(NC(=O)Nc3ccccc3Cl)cn2)CC1. The third-order valence-electron chi connectivity index (χ3n) is 4.57. The van der Waals surface area contributed by atoms with Gasteiger partial charge in [0.15, 0.2) is 0 Å². The van der Waals surface area contributed by atoms with Crippen LogP contribution in [0.3, 0.4) is 0 Å². The third kappa shape index (κ3) is 5.82. The van der Waals surface area contributed by atoms with Gasteiger partial charge in [-0.2, -0.15) is 0 Å². The molecular formula is C20H24ClN5O3. The number of hydrogen-bond donors (Lipinski definition) is 2. The maximum absolute atomic E-state index is 12.2. The molecular weight excluding hydrogens is 394 g/mol. The van der Waals surface area contributed by atoms with Crippen molar-refractivity contribution < 1.29 is 14.3 Å². The topological polar surface area (TPSA) is 86.8 Å². The Labute approximate surface area is 174 Å². The summed E-state index contributed by atoms with van der Waals surface area (Å²) in [6.45, 7) is 2.95. The Morgan fingerprint density at radius 2 is 1.93 bits per heavy atom. The standard InChI is InChI=1S/C20H24ClN5O3/c1-29-14-19(27)26-10-4-9-25(11-12-26)18-8-7-15(13-22-18)23-20(28)24-17-6-3-2-5-16(17)21/h2-3,5-8,13H,4,9-12,14H2,1H3,(H2,23,24,28). The molecule has 0 radical (unpaired) electrons. The number of benzene rings is 1. The smallest absolute Gasteiger partial charge is 0.323 e. The lowest BCUT2D eigenvalue weighted by molar-refractivity contribution is -0.134. The van der Waals surface area contributed by atoms with Crippen LogP contribution < -0.4 is 15.5 Å². The normalized spacial score (nSPS) is 14.3. The third-order valence-corrected chi connectivity index (χ3v) is 4.90. The fourth-order valence-corrected chi connectivity index (χ4v) is 3.29. The molecule has 2 N–H and O–H groups in total. The Bertz CT molecular complexity index is 846. The second-order valence-electron chi connectivity index (χ2n) is 6.62. The summed E-state index contributed by atoms with van der Waals surface area (Å²) in [6, 6.07) is 10.3. The molecule has 1 aliphatic heterocycles. The molecule has 1 aromatic carbocycles. The Morgan fingerprint density at radius 1 is 1.10 bits per heavy atom. The van der Waals surface area contributed by atoms with Crippen LogP contribution in [0.1, 0.15) is 6.42 Å². The van der Waals surface area contributed by atoms with Crippen molar-refractivity contribution in [3.05, 3.63) is 47.6 Å². The second-order valence-corrected chi connectivity index (χ2v) is 7.03. The minimum Gasteiger partial charge on any atom is -0.375 e. The number of anilines is 3. The number of halogens is 1. The van der Waals surface area contributed by atoms with Crippen LogP contribution in [0, 0.1) is 0 Å². The average Bonchev–Trinajstić information content (AvgIpc) is 2.97. The number of aromatic nitrogens is 1. The first-order valence-corrected chi connectivity index (χ1v) is 9.75. The summed E-state index contributed by atoms with van der Waals surface area (Å²) in [5.74, 6) is 0.814. The van der Waals surface area contributed by atoms with E-state index in [9.17, 15) is 9.59 Å². The highest BCUT2D eigenvalue weighted by Crippen LogP contribution is 2.21. The van der Waals surface area contributed by atoms with Crippen LogP contribution in [-0.2, 0) is 9.53 Å². The highest BCUT2D eigenvalue weighted by Gasteiger charge is 2.19. The molecule has 0 saturated carbocycles. The molecule has 29 heavy (non-hydrogen) atoms. The summed E-state index contributed by atoms with van der Waals surface area (Å²) in [7, 11) is 1.52. The van der Waals surface area contributed by atoms with E-state index in [1.54, 1.807) is 36.5 Å². The molecule has 0 aliphatic carbocycles. The van der Waals surface area contributed by atoms with E-state index >= 15 is 0 Å². The average molecular weight is 418 g/mol. The van der Waals surface area contributed by atoms with E-state index in [4.69, 9.17) is 16.3 Å². The quantitative estimate of drug-likeness (QED) is 0.780. The molecule has 1 aliphatic rings. The van der Waals surface area contributed by atoms with Crippen LogP contribution in [0.15, 0.2) is 42.6 Å². The van der Waals surface area contributed by atoms with Crippen molar-refractivity contribution >= 4 is 40.7 Å². The van der Waals surface area contributed by atoms with E-state index in [1.807, 2.05) is 11.0 Å². The van der Waals surface area contributed by atoms with Crippen molar-refractivity contribution in [3.8, 4) is 0 Å². The van der Waals surface area contributed by atoms with E-state index < -0.39 is 6.03 Å². The van der Waals surface area contributed by atoms with Gasteiger partial charge in [0.25, 0.3) is 0 Å². The van der Waals surface area contributed by atoms with Crippen LogP contribution in [-0.4, -0.2) is 61.7 Å². The minimum atomic E-state index is -0.394. The first-order valence-electron chi connectivity index (χ1n) is 9.37. The number of para-hydroxylation sites is 1. The molecule has 0 spiro atoms. The predicted molar refractivity (Wildman–Crippen MR) is 114 cm³/mol. The van der Waals surface area contributed by atoms with E-state index in [0.717, 1.165) is 18.8 Å². The molecule has 1 fully saturated rings. The number of nitrogens with zero attached hydrogens (tertiary/aromatic N) is 3. The van der Waals surface area contributed by atoms with Gasteiger partial charge in [-0.05, 0) is 30.7 Å². The first-order chi connectivity index (χ1) is 14.1. The molecule has 0 atom stereocenters. The summed E-state index contributed by atoms with van der Waals surface area (Å²) in [5, 5.41) is 5.91. The van der Waals surface area contributed by atoms with E-state index in [-0.39, 0.29) is 12.5 Å². The van der Waals surface area contributed by atoms with Crippen molar-refractivity contribution in [2.75, 3.05) is 55.4 Å². The molecule has 1 saturated heterocycles. The maximum atomic E-state index is 12.2. The van der Waals surface area contributed by atoms with Crippen LogP contribution >= 0.6 is 11.6 Å². The van der Waals surface area contributed by atoms with Crippen molar-refractivity contribution in [1.29, 1.82) is 0 Å². The molecule has 3 amide bonds. The summed E-state index contributed by atoms with van der Waals surface area (Å²) in [5.41, 5.74) is 1.11. The Morgan fingerprint density at radius 3 is 2.66 bits per heavy atom. The van der Waals surface area contributed by atoms with Crippen molar-refractivity contribution in [3.63, 3.8) is 0 Å². The van der Waals surface area contributed by atoms with Gasteiger partial charge < -0.3 is 25.2 Å². The number of ether oxygens (including phenoxy) is 1. The van der Waals surface area contributed by atoms with Gasteiger partial charge >= 0.3 is 6.03 Å². The summed E-state index contributed by atoms with van der Waals surface area (Å²) in [6.07, 6.45) is 2.47. The van der Waals surface area contributed by atoms with Crippen molar-refractivity contribution in [2.45, 2.75) is 6.42 Å². The number of carbonyl (C=O) groups is 2. The monoisotopic (exact) mass is 417 g/mol. The second kappa shape index (κ2) is 10.1. The van der Waals surface area contributed by atoms with Crippen molar-refractivity contribution in [1.82, 2.24) is 9.88 Å². The van der Waals surface area contributed by atoms with Gasteiger partial charge in [-0.3, -0.25) is 4.79 Å². The zero-order valence-corrected chi connectivity index (χ0v) is 17.0. The predicted octanol–water partition coefficient (Wildman–Crippen LogP) is 3.06. The number of rotatable bonds is 5. The summed E-state index contributed by atoms with van der Waals surface area (Å²) >= 11 is 6.05. The summed E-state index contributed by atoms with van der Waals surface area (Å²) < 4.78 is 4.93. The van der Waals surface area contributed by atoms with Gasteiger partial charge in [0.05, 0.1) is 22.6 Å². The molecule has 9 heteroatoms. The Kier molecular flexibility index (Phi) is 7.26. The maximum Gasteiger partial charge on any atom is 0.323 e. The van der Waals surface area contributed by atoms with Gasteiger partial charge in [-0.1, -0.05) is 23.7 Å². The highest BCUT2D eigenvalue weighted by atomic mass is 35.5. The number of urea groups is 1. The van der Waals surface area contributed by atoms with Gasteiger partial charge in [-0.25, -0.2) is 9.78 Å². The highest BCUT2D eigenvalue weighted by molar-refractivity contribution is 6.33. The van der Waals surface area contributed by atoms with Crippen LogP contribution in [0.2, 0.25) is 5.02 Å². The Balaban J connectivity index is 1.55. The molecule has 8 nitrogen and oxygen atoms in total. The molecule has 3 rings (SSSR count). The van der Waals surface area contributed by atoms with Crippen LogP contribution in [0.5, 0.6) is 0 Å². The van der Waals surface area contributed by atoms with E-state index in [0.29, 0.717) is 36.0 Å². The number of methoxy groups -OCH3 is 1. The van der Waals surface area contributed by atoms with E-state index in [2.05, 4.69) is 20.5 Å². The molecule has 154 valence electrons. The summed E-state index contributed by atoms with van der Waals surface area (Å²) in [4.78, 5) is 32.6. The molecule has 2 heterocycles. The largest absolute Gasteiger partial charge is 0.375 e. The number of hydrogen-bond acceptors (Lipinski definition) is 5. The van der Waals surface area contributed by atoms with Crippen molar-refractivity contribution in [2.24, 2.45) is 0 Å². The fraction of sp³-hybridized carbons (Fsp3) is 0.350. The number of pyridine rings is 1. The number of nitrogens with one attached hydrogen (secondary N) is 2. The molecule has 2 aromatic rings. The molecule has 0 unspecified atom stereocenters.